The molecule has 1 aromatic carbocycles. The van der Waals surface area contributed by atoms with E-state index in [9.17, 15) is 9.59 Å². The van der Waals surface area contributed by atoms with Crippen LogP contribution in [0.4, 0.5) is 0 Å². The molecule has 0 fully saturated rings. The Morgan fingerprint density at radius 2 is 2.00 bits per heavy atom. The molecule has 2 N–H and O–H groups in total. The molecule has 3 aromatic rings. The number of nitrogens with one attached hydrogen (secondary N) is 2. The fourth-order valence-electron chi connectivity index (χ4n) is 2.49. The van der Waals surface area contributed by atoms with E-state index < -0.39 is 5.91 Å². The van der Waals surface area contributed by atoms with Crippen molar-refractivity contribution in [3.63, 3.8) is 0 Å². The molecule has 2 amide bonds. The lowest BCUT2D eigenvalue weighted by Gasteiger charge is -2.10. The molecule has 7 nitrogen and oxygen atoms in total. The number of hydrogen-bond acceptors (Lipinski definition) is 4. The highest BCUT2D eigenvalue weighted by Crippen LogP contribution is 2.16. The standard InChI is InChI=1S/C17H16BrN5O2/c1-2-15-20-13-5-3-4-6-14(13)23(15)10-16(24)21-22-17(25)11-7-12(18)9-19-8-11/h3-9H,2,10H2,1H3,(H,21,24)(H,22,25). The van der Waals surface area contributed by atoms with Crippen LogP contribution in [0.25, 0.3) is 11.0 Å². The van der Waals surface area contributed by atoms with Crippen molar-refractivity contribution in [2.24, 2.45) is 0 Å². The third-order valence-corrected chi connectivity index (χ3v) is 4.07. The molecule has 0 bridgehead atoms. The van der Waals surface area contributed by atoms with Crippen LogP contribution < -0.4 is 10.9 Å². The number of hydrazine groups is 1. The number of nitrogens with zero attached hydrogens (tertiary/aromatic N) is 3. The second kappa shape index (κ2) is 7.43. The van der Waals surface area contributed by atoms with Gasteiger partial charge in [0.1, 0.15) is 12.4 Å². The zero-order valence-corrected chi connectivity index (χ0v) is 15.1. The average Bonchev–Trinajstić information content (AvgIpc) is 2.97. The largest absolute Gasteiger partial charge is 0.318 e. The Morgan fingerprint density at radius 3 is 2.76 bits per heavy atom. The van der Waals surface area contributed by atoms with Crippen molar-refractivity contribution in [3.05, 3.63) is 58.6 Å². The van der Waals surface area contributed by atoms with E-state index in [1.807, 2.05) is 35.8 Å². The Labute approximate surface area is 152 Å². The molecule has 2 heterocycles. The molecule has 3 rings (SSSR count). The highest BCUT2D eigenvalue weighted by atomic mass is 79.9. The molecule has 0 aliphatic heterocycles. The molecule has 25 heavy (non-hydrogen) atoms. The van der Waals surface area contributed by atoms with E-state index in [0.29, 0.717) is 16.5 Å². The van der Waals surface area contributed by atoms with Crippen LogP contribution in [0.15, 0.2) is 47.2 Å². The maximum absolute atomic E-state index is 12.2. The van der Waals surface area contributed by atoms with Crippen molar-refractivity contribution in [2.75, 3.05) is 0 Å². The Kier molecular flexibility index (Phi) is 5.08. The van der Waals surface area contributed by atoms with Crippen LogP contribution >= 0.6 is 15.9 Å². The predicted octanol–water partition coefficient (Wildman–Crippen LogP) is 2.22. The summed E-state index contributed by atoms with van der Waals surface area (Å²) < 4.78 is 2.53. The van der Waals surface area contributed by atoms with Crippen LogP contribution in [-0.4, -0.2) is 26.3 Å². The quantitative estimate of drug-likeness (QED) is 0.655. The Balaban J connectivity index is 1.68. The fraction of sp³-hybridized carbons (Fsp3) is 0.176. The lowest BCUT2D eigenvalue weighted by Crippen LogP contribution is -2.43. The first kappa shape index (κ1) is 17.1. The van der Waals surface area contributed by atoms with E-state index in [2.05, 4.69) is 36.7 Å². The molecule has 0 saturated heterocycles. The van der Waals surface area contributed by atoms with Crippen molar-refractivity contribution < 1.29 is 9.59 Å². The van der Waals surface area contributed by atoms with Crippen molar-refractivity contribution in [1.29, 1.82) is 0 Å². The predicted molar refractivity (Wildman–Crippen MR) is 96.7 cm³/mol. The van der Waals surface area contributed by atoms with E-state index in [1.165, 1.54) is 6.20 Å². The summed E-state index contributed by atoms with van der Waals surface area (Å²) >= 11 is 3.25. The number of rotatable bonds is 4. The number of pyridine rings is 1. The summed E-state index contributed by atoms with van der Waals surface area (Å²) in [5.74, 6) is 0.0429. The van der Waals surface area contributed by atoms with Gasteiger partial charge in [-0.3, -0.25) is 25.4 Å². The number of para-hydroxylation sites is 2. The number of benzene rings is 1. The van der Waals surface area contributed by atoms with Gasteiger partial charge in [-0.25, -0.2) is 4.98 Å². The van der Waals surface area contributed by atoms with Gasteiger partial charge in [0.05, 0.1) is 16.6 Å². The van der Waals surface area contributed by atoms with Crippen molar-refractivity contribution in [2.45, 2.75) is 19.9 Å². The van der Waals surface area contributed by atoms with Crippen LogP contribution in [0, 0.1) is 0 Å². The fourth-order valence-corrected chi connectivity index (χ4v) is 2.85. The van der Waals surface area contributed by atoms with Gasteiger partial charge < -0.3 is 4.57 Å². The smallest absolute Gasteiger partial charge is 0.271 e. The van der Waals surface area contributed by atoms with Gasteiger partial charge in [-0.05, 0) is 34.1 Å². The SMILES string of the molecule is CCc1nc2ccccc2n1CC(=O)NNC(=O)c1cncc(Br)c1. The number of carbonyl (C=O) groups is 2. The number of aryl methyl sites for hydroxylation is 1. The number of imidazole rings is 1. The zero-order chi connectivity index (χ0) is 17.8. The number of aromatic nitrogens is 3. The molecular weight excluding hydrogens is 386 g/mol. The first-order valence-electron chi connectivity index (χ1n) is 7.72. The minimum atomic E-state index is -0.437. The van der Waals surface area contributed by atoms with Crippen LogP contribution in [0.5, 0.6) is 0 Å². The third kappa shape index (κ3) is 3.85. The maximum Gasteiger partial charge on any atom is 0.271 e. The maximum atomic E-state index is 12.2. The molecule has 0 radical (unpaired) electrons. The van der Waals surface area contributed by atoms with Crippen LogP contribution in [0.3, 0.4) is 0 Å². The summed E-state index contributed by atoms with van der Waals surface area (Å²) in [5.41, 5.74) is 6.89. The molecule has 8 heteroatoms. The van der Waals surface area contributed by atoms with Gasteiger partial charge in [0.15, 0.2) is 0 Å². The van der Waals surface area contributed by atoms with Gasteiger partial charge in [-0.2, -0.15) is 0 Å². The van der Waals surface area contributed by atoms with Gasteiger partial charge in [-0.1, -0.05) is 19.1 Å². The van der Waals surface area contributed by atoms with E-state index >= 15 is 0 Å². The van der Waals surface area contributed by atoms with Gasteiger partial charge in [0.2, 0.25) is 0 Å². The number of halogens is 1. The molecule has 0 atom stereocenters. The average molecular weight is 402 g/mol. The summed E-state index contributed by atoms with van der Waals surface area (Å²) in [6.07, 6.45) is 3.70. The van der Waals surface area contributed by atoms with Crippen LogP contribution in [0.1, 0.15) is 23.1 Å². The Bertz CT molecular complexity index is 938. The van der Waals surface area contributed by atoms with Gasteiger partial charge in [-0.15, -0.1) is 0 Å². The molecule has 0 aliphatic carbocycles. The van der Waals surface area contributed by atoms with Gasteiger partial charge in [0.25, 0.3) is 11.8 Å². The molecule has 0 spiro atoms. The van der Waals surface area contributed by atoms with Crippen molar-refractivity contribution in [3.8, 4) is 0 Å². The second-order valence-corrected chi connectivity index (χ2v) is 6.27. The van der Waals surface area contributed by atoms with E-state index in [1.54, 1.807) is 12.3 Å². The van der Waals surface area contributed by atoms with Gasteiger partial charge in [0, 0.05) is 23.3 Å². The summed E-state index contributed by atoms with van der Waals surface area (Å²) in [6, 6.07) is 9.25. The molecule has 2 aromatic heterocycles. The number of fused-ring (bicyclic) bond motifs is 1. The monoisotopic (exact) mass is 401 g/mol. The molecule has 0 saturated carbocycles. The topological polar surface area (TPSA) is 88.9 Å². The van der Waals surface area contributed by atoms with Crippen molar-refractivity contribution in [1.82, 2.24) is 25.4 Å². The zero-order valence-electron chi connectivity index (χ0n) is 13.5. The van der Waals surface area contributed by atoms with Crippen LogP contribution in [0.2, 0.25) is 0 Å². The summed E-state index contributed by atoms with van der Waals surface area (Å²) in [5, 5.41) is 0. The third-order valence-electron chi connectivity index (χ3n) is 3.63. The van der Waals surface area contributed by atoms with E-state index in [0.717, 1.165) is 16.9 Å². The normalized spacial score (nSPS) is 10.6. The molecular formula is C17H16BrN5O2. The first-order chi connectivity index (χ1) is 12.1. The highest BCUT2D eigenvalue weighted by molar-refractivity contribution is 9.10. The van der Waals surface area contributed by atoms with E-state index in [-0.39, 0.29) is 12.5 Å². The second-order valence-electron chi connectivity index (χ2n) is 5.35. The molecule has 0 aliphatic rings. The molecule has 0 unspecified atom stereocenters. The van der Waals surface area contributed by atoms with E-state index in [4.69, 9.17) is 0 Å². The Hall–Kier alpha value is -2.74. The highest BCUT2D eigenvalue weighted by Gasteiger charge is 2.13. The van der Waals surface area contributed by atoms with Gasteiger partial charge >= 0.3 is 0 Å². The lowest BCUT2D eigenvalue weighted by atomic mass is 10.3. The number of amides is 2. The summed E-state index contributed by atoms with van der Waals surface area (Å²) in [6.45, 7) is 2.05. The lowest BCUT2D eigenvalue weighted by molar-refractivity contribution is -0.122. The minimum Gasteiger partial charge on any atom is -0.318 e. The van der Waals surface area contributed by atoms with Crippen LogP contribution in [-0.2, 0) is 17.8 Å². The Morgan fingerprint density at radius 1 is 1.20 bits per heavy atom. The van der Waals surface area contributed by atoms with Crippen molar-refractivity contribution >= 4 is 38.8 Å². The minimum absolute atomic E-state index is 0.0701. The number of hydrogen-bond donors (Lipinski definition) is 2. The first-order valence-corrected chi connectivity index (χ1v) is 8.51. The summed E-state index contributed by atoms with van der Waals surface area (Å²) in [4.78, 5) is 32.7. The molecule has 128 valence electrons. The number of carbonyl (C=O) groups excluding carboxylic acids is 2. The summed E-state index contributed by atoms with van der Waals surface area (Å²) in [7, 11) is 0.